The van der Waals surface area contributed by atoms with Gasteiger partial charge in [-0.05, 0) is 120 Å². The minimum absolute atomic E-state index is 0.743. The van der Waals surface area contributed by atoms with E-state index in [1.165, 1.54) is 128 Å². The Morgan fingerprint density at radius 3 is 0.951 bits per heavy atom. The highest BCUT2D eigenvalue weighted by Gasteiger charge is 2.20. The molecule has 41 heavy (non-hydrogen) atoms. The van der Waals surface area contributed by atoms with Crippen molar-refractivity contribution in [3.05, 3.63) is 114 Å². The van der Waals surface area contributed by atoms with Gasteiger partial charge in [0.2, 0.25) is 0 Å². The van der Waals surface area contributed by atoms with Crippen LogP contribution in [0.4, 0.5) is 17.1 Å². The molecule has 4 aromatic carbocycles. The Labute approximate surface area is 247 Å². The lowest BCUT2D eigenvalue weighted by Crippen LogP contribution is -2.10. The molecular weight excluding hydrogens is 494 g/mol. The molecule has 0 spiro atoms. The quantitative estimate of drug-likeness (QED) is 0.226. The fraction of sp³-hybridized carbons (Fsp3) is 0.400. The molecule has 0 atom stereocenters. The zero-order valence-electron chi connectivity index (χ0n) is 24.6. The van der Waals surface area contributed by atoms with Crippen LogP contribution in [0.3, 0.4) is 0 Å². The Balaban J connectivity index is 1.16. The van der Waals surface area contributed by atoms with Gasteiger partial charge < -0.3 is 4.90 Å². The first-order chi connectivity index (χ1) is 20.3. The average molecular weight is 540 g/mol. The number of hydrogen-bond acceptors (Lipinski definition) is 1. The second-order valence-corrected chi connectivity index (χ2v) is 13.0. The summed E-state index contributed by atoms with van der Waals surface area (Å²) in [6.45, 7) is 0. The van der Waals surface area contributed by atoms with Gasteiger partial charge in [0.1, 0.15) is 0 Å². The summed E-state index contributed by atoms with van der Waals surface area (Å²) < 4.78 is 0. The summed E-state index contributed by atoms with van der Waals surface area (Å²) in [4.78, 5) is 2.44. The summed E-state index contributed by atoms with van der Waals surface area (Å²) in [6.07, 6.45) is 17.8. The Hall–Kier alpha value is -3.32. The van der Waals surface area contributed by atoms with Crippen molar-refractivity contribution in [1.82, 2.24) is 0 Å². The highest BCUT2D eigenvalue weighted by atomic mass is 15.1. The van der Waals surface area contributed by atoms with Crippen molar-refractivity contribution in [2.45, 2.75) is 101 Å². The van der Waals surface area contributed by atoms with Gasteiger partial charge in [0.05, 0.1) is 0 Å². The lowest BCUT2D eigenvalue weighted by atomic mass is 9.84. The molecule has 7 rings (SSSR count). The summed E-state index contributed by atoms with van der Waals surface area (Å²) in [7, 11) is 0. The third kappa shape index (κ3) is 5.87. The van der Waals surface area contributed by atoms with E-state index in [2.05, 4.69) is 102 Å². The van der Waals surface area contributed by atoms with Gasteiger partial charge in [0.25, 0.3) is 0 Å². The normalized spacial score (nSPS) is 18.6. The fourth-order valence-corrected chi connectivity index (χ4v) is 7.94. The van der Waals surface area contributed by atoms with Crippen molar-refractivity contribution in [3.63, 3.8) is 0 Å². The molecule has 3 aliphatic rings. The van der Waals surface area contributed by atoms with Crippen molar-refractivity contribution in [1.29, 1.82) is 0 Å². The maximum Gasteiger partial charge on any atom is 0.0462 e. The number of benzene rings is 4. The maximum atomic E-state index is 2.44. The molecule has 0 bridgehead atoms. The number of nitrogens with zero attached hydrogens (tertiary/aromatic N) is 1. The van der Waals surface area contributed by atoms with Crippen molar-refractivity contribution in [3.8, 4) is 11.1 Å². The molecule has 0 aliphatic heterocycles. The first kappa shape index (κ1) is 26.6. The molecule has 210 valence electrons. The smallest absolute Gasteiger partial charge is 0.0462 e. The highest BCUT2D eigenvalue weighted by molar-refractivity contribution is 5.78. The molecule has 0 heterocycles. The molecule has 0 N–H and O–H groups in total. The van der Waals surface area contributed by atoms with E-state index in [-0.39, 0.29) is 0 Å². The van der Waals surface area contributed by atoms with Crippen molar-refractivity contribution < 1.29 is 0 Å². The van der Waals surface area contributed by atoms with E-state index in [4.69, 9.17) is 0 Å². The van der Waals surface area contributed by atoms with Crippen LogP contribution >= 0.6 is 0 Å². The molecule has 0 aromatic heterocycles. The molecule has 0 amide bonds. The Bertz CT molecular complexity index is 1320. The SMILES string of the molecule is c1cc(C2CCCCC2)ccc1-c1ccc(N(c2ccc(C3CCCC3)cc2)c2ccc(C3CCCC3)cc2)cc1. The Kier molecular flexibility index (Phi) is 7.95. The molecule has 3 saturated carbocycles. The van der Waals surface area contributed by atoms with Gasteiger partial charge in [-0.15, -0.1) is 0 Å². The zero-order valence-corrected chi connectivity index (χ0v) is 24.6. The van der Waals surface area contributed by atoms with E-state index < -0.39 is 0 Å². The van der Waals surface area contributed by atoms with E-state index in [0.29, 0.717) is 0 Å². The minimum atomic E-state index is 0.743. The predicted octanol–water partition coefficient (Wildman–Crippen LogP) is 12.2. The van der Waals surface area contributed by atoms with Gasteiger partial charge in [-0.25, -0.2) is 0 Å². The van der Waals surface area contributed by atoms with Gasteiger partial charge in [0.15, 0.2) is 0 Å². The largest absolute Gasteiger partial charge is 0.311 e. The first-order valence-corrected chi connectivity index (χ1v) is 16.5. The van der Waals surface area contributed by atoms with Crippen molar-refractivity contribution >= 4 is 17.1 Å². The maximum absolute atomic E-state index is 2.44. The summed E-state index contributed by atoms with van der Waals surface area (Å²) in [5.74, 6) is 2.24. The third-order valence-electron chi connectivity index (χ3n) is 10.4. The van der Waals surface area contributed by atoms with Gasteiger partial charge in [-0.3, -0.25) is 0 Å². The number of rotatable bonds is 7. The average Bonchev–Trinajstić information content (AvgIpc) is 3.79. The van der Waals surface area contributed by atoms with E-state index >= 15 is 0 Å². The van der Waals surface area contributed by atoms with Crippen molar-refractivity contribution in [2.75, 3.05) is 4.90 Å². The molecule has 0 unspecified atom stereocenters. The summed E-state index contributed by atoms with van der Waals surface area (Å²) in [5.41, 5.74) is 10.8. The van der Waals surface area contributed by atoms with Crippen LogP contribution < -0.4 is 4.90 Å². The molecule has 1 nitrogen and oxygen atoms in total. The fourth-order valence-electron chi connectivity index (χ4n) is 7.94. The molecule has 0 radical (unpaired) electrons. The van der Waals surface area contributed by atoms with Crippen LogP contribution in [0.5, 0.6) is 0 Å². The lowest BCUT2D eigenvalue weighted by molar-refractivity contribution is 0.443. The van der Waals surface area contributed by atoms with Crippen LogP contribution in [0.15, 0.2) is 97.1 Å². The Morgan fingerprint density at radius 2 is 0.585 bits per heavy atom. The van der Waals surface area contributed by atoms with Crippen LogP contribution in [-0.4, -0.2) is 0 Å². The van der Waals surface area contributed by atoms with Crippen LogP contribution in [-0.2, 0) is 0 Å². The molecular formula is C40H45N. The summed E-state index contributed by atoms with van der Waals surface area (Å²) in [5, 5.41) is 0. The van der Waals surface area contributed by atoms with E-state index in [9.17, 15) is 0 Å². The topological polar surface area (TPSA) is 3.24 Å². The van der Waals surface area contributed by atoms with Gasteiger partial charge in [0, 0.05) is 17.1 Å². The standard InChI is InChI=1S/C40H45N/c1-2-8-30(9-3-1)33-14-16-34(17-15-33)37-22-28-40(29-23-37)41(38-24-18-35(19-25-38)31-10-4-5-11-31)39-26-20-36(21-27-39)32-12-6-7-13-32/h14-32H,1-13H2. The van der Waals surface area contributed by atoms with Crippen LogP contribution in [0.1, 0.15) is 118 Å². The Morgan fingerprint density at radius 1 is 0.317 bits per heavy atom. The van der Waals surface area contributed by atoms with Crippen LogP contribution in [0, 0.1) is 0 Å². The van der Waals surface area contributed by atoms with Crippen LogP contribution in [0.2, 0.25) is 0 Å². The number of anilines is 3. The van der Waals surface area contributed by atoms with Gasteiger partial charge in [-0.2, -0.15) is 0 Å². The predicted molar refractivity (Wildman–Crippen MR) is 175 cm³/mol. The second kappa shape index (κ2) is 12.3. The van der Waals surface area contributed by atoms with E-state index in [1.54, 1.807) is 0 Å². The number of hydrogen-bond donors (Lipinski definition) is 0. The third-order valence-corrected chi connectivity index (χ3v) is 10.4. The van der Waals surface area contributed by atoms with Crippen molar-refractivity contribution in [2.24, 2.45) is 0 Å². The minimum Gasteiger partial charge on any atom is -0.311 e. The summed E-state index contributed by atoms with van der Waals surface area (Å²) in [6, 6.07) is 37.5. The monoisotopic (exact) mass is 539 g/mol. The first-order valence-electron chi connectivity index (χ1n) is 16.5. The zero-order chi connectivity index (χ0) is 27.4. The highest BCUT2D eigenvalue weighted by Crippen LogP contribution is 2.41. The lowest BCUT2D eigenvalue weighted by Gasteiger charge is -2.27. The summed E-state index contributed by atoms with van der Waals surface area (Å²) >= 11 is 0. The molecule has 1 heteroatoms. The van der Waals surface area contributed by atoms with Crippen LogP contribution in [0.25, 0.3) is 11.1 Å². The second-order valence-electron chi connectivity index (χ2n) is 13.0. The van der Waals surface area contributed by atoms with Gasteiger partial charge >= 0.3 is 0 Å². The molecule has 3 aliphatic carbocycles. The van der Waals surface area contributed by atoms with E-state index in [1.807, 2.05) is 0 Å². The molecule has 3 fully saturated rings. The molecule has 4 aromatic rings. The van der Waals surface area contributed by atoms with Gasteiger partial charge in [-0.1, -0.05) is 106 Å². The van der Waals surface area contributed by atoms with E-state index in [0.717, 1.165) is 17.8 Å². The molecule has 0 saturated heterocycles.